The van der Waals surface area contributed by atoms with Crippen LogP contribution in [0, 0.1) is 0 Å². The van der Waals surface area contributed by atoms with Crippen LogP contribution >= 0.6 is 0 Å². The molecule has 1 aromatic heterocycles. The van der Waals surface area contributed by atoms with Crippen LogP contribution in [0.3, 0.4) is 0 Å². The van der Waals surface area contributed by atoms with Crippen molar-refractivity contribution in [3.8, 4) is 11.4 Å². The van der Waals surface area contributed by atoms with Crippen LogP contribution < -0.4 is 10.5 Å². The Balaban J connectivity index is 1.84. The predicted octanol–water partition coefficient (Wildman–Crippen LogP) is 2.45. The van der Waals surface area contributed by atoms with Gasteiger partial charge in [0.1, 0.15) is 17.3 Å². The number of nitrogen functional groups attached to an aromatic ring is 1. The summed E-state index contributed by atoms with van der Waals surface area (Å²) in [6, 6.07) is 7.79. The topological polar surface area (TPSA) is 56.3 Å². The number of benzene rings is 1. The zero-order valence-corrected chi connectivity index (χ0v) is 12.5. The van der Waals surface area contributed by atoms with Gasteiger partial charge in [0.2, 0.25) is 0 Å². The fourth-order valence-corrected chi connectivity index (χ4v) is 2.87. The third-order valence-corrected chi connectivity index (χ3v) is 4.04. The molecule has 1 aliphatic rings. The summed E-state index contributed by atoms with van der Waals surface area (Å²) in [5.41, 5.74) is 8.26. The van der Waals surface area contributed by atoms with E-state index in [0.29, 0.717) is 5.82 Å². The number of nitrogens with zero attached hydrogens (tertiary/aromatic N) is 3. The van der Waals surface area contributed by atoms with Crippen LogP contribution in [0.5, 0.6) is 5.75 Å². The van der Waals surface area contributed by atoms with Crippen LogP contribution in [-0.2, 0) is 6.54 Å². The average Bonchev–Trinajstić information content (AvgIpc) is 2.89. The van der Waals surface area contributed by atoms with E-state index in [0.717, 1.165) is 36.6 Å². The van der Waals surface area contributed by atoms with Gasteiger partial charge in [0.15, 0.2) is 0 Å². The van der Waals surface area contributed by atoms with Crippen molar-refractivity contribution in [3.63, 3.8) is 0 Å². The van der Waals surface area contributed by atoms with Crippen molar-refractivity contribution in [1.29, 1.82) is 0 Å². The lowest BCUT2D eigenvalue weighted by Crippen LogP contribution is -2.29. The molecule has 5 nitrogen and oxygen atoms in total. The van der Waals surface area contributed by atoms with Gasteiger partial charge in [-0.25, -0.2) is 4.68 Å². The fraction of sp³-hybridized carbons (Fsp3) is 0.438. The summed E-state index contributed by atoms with van der Waals surface area (Å²) in [7, 11) is 1.66. The number of ether oxygens (including phenoxy) is 1. The highest BCUT2D eigenvalue weighted by atomic mass is 16.5. The maximum Gasteiger partial charge on any atom is 0.144 e. The summed E-state index contributed by atoms with van der Waals surface area (Å²) >= 11 is 0. The van der Waals surface area contributed by atoms with Gasteiger partial charge in [0.05, 0.1) is 13.3 Å². The molecule has 2 heterocycles. The van der Waals surface area contributed by atoms with Crippen molar-refractivity contribution < 1.29 is 4.74 Å². The van der Waals surface area contributed by atoms with Gasteiger partial charge in [-0.2, -0.15) is 5.10 Å². The lowest BCUT2D eigenvalue weighted by molar-refractivity contribution is 0.221. The second-order valence-corrected chi connectivity index (χ2v) is 5.48. The van der Waals surface area contributed by atoms with E-state index in [4.69, 9.17) is 10.5 Å². The van der Waals surface area contributed by atoms with Crippen LogP contribution in [0.2, 0.25) is 0 Å². The second kappa shape index (κ2) is 6.18. The molecular weight excluding hydrogens is 264 g/mol. The molecule has 0 spiro atoms. The first-order valence-electron chi connectivity index (χ1n) is 7.47. The summed E-state index contributed by atoms with van der Waals surface area (Å²) in [5.74, 6) is 1.47. The minimum atomic E-state index is 0.699. The van der Waals surface area contributed by atoms with Crippen molar-refractivity contribution in [2.75, 3.05) is 25.9 Å². The molecule has 0 saturated carbocycles. The van der Waals surface area contributed by atoms with E-state index in [-0.39, 0.29) is 0 Å². The Bertz CT molecular complexity index is 602. The molecule has 112 valence electrons. The molecule has 1 fully saturated rings. The summed E-state index contributed by atoms with van der Waals surface area (Å²) in [4.78, 5) is 2.45. The van der Waals surface area contributed by atoms with Crippen LogP contribution in [0.1, 0.15) is 24.8 Å². The van der Waals surface area contributed by atoms with Crippen molar-refractivity contribution in [1.82, 2.24) is 14.7 Å². The number of piperidine rings is 1. The highest BCUT2D eigenvalue weighted by Gasteiger charge is 2.16. The highest BCUT2D eigenvalue weighted by Crippen LogP contribution is 2.26. The third kappa shape index (κ3) is 2.88. The Morgan fingerprint density at radius 3 is 2.71 bits per heavy atom. The van der Waals surface area contributed by atoms with E-state index < -0.39 is 0 Å². The Labute approximate surface area is 125 Å². The molecule has 3 rings (SSSR count). The number of likely N-dealkylation sites (tertiary alicyclic amines) is 1. The molecule has 0 bridgehead atoms. The average molecular weight is 286 g/mol. The molecule has 1 saturated heterocycles. The first kappa shape index (κ1) is 13.9. The molecule has 0 radical (unpaired) electrons. The Kier molecular flexibility index (Phi) is 4.10. The molecule has 0 unspecified atom stereocenters. The number of nitrogens with two attached hydrogens (primary N) is 1. The Morgan fingerprint density at radius 2 is 1.95 bits per heavy atom. The maximum atomic E-state index is 6.29. The van der Waals surface area contributed by atoms with Gasteiger partial charge in [-0.3, -0.25) is 4.90 Å². The molecule has 0 amide bonds. The van der Waals surface area contributed by atoms with Crippen LogP contribution in [-0.4, -0.2) is 34.9 Å². The van der Waals surface area contributed by atoms with E-state index in [9.17, 15) is 0 Å². The maximum absolute atomic E-state index is 6.29. The molecule has 2 N–H and O–H groups in total. The van der Waals surface area contributed by atoms with E-state index in [1.54, 1.807) is 11.8 Å². The first-order valence-corrected chi connectivity index (χ1v) is 7.47. The molecule has 2 aromatic rings. The van der Waals surface area contributed by atoms with Crippen molar-refractivity contribution in [2.45, 2.75) is 25.8 Å². The number of rotatable bonds is 4. The van der Waals surface area contributed by atoms with Gasteiger partial charge in [0.25, 0.3) is 0 Å². The molecule has 1 aromatic carbocycles. The number of para-hydroxylation sites is 2. The Hall–Kier alpha value is -2.01. The minimum absolute atomic E-state index is 0.699. The minimum Gasteiger partial charge on any atom is -0.494 e. The van der Waals surface area contributed by atoms with Gasteiger partial charge >= 0.3 is 0 Å². The monoisotopic (exact) mass is 286 g/mol. The van der Waals surface area contributed by atoms with Crippen molar-refractivity contribution in [3.05, 3.63) is 36.0 Å². The molecular formula is C16H22N4O. The van der Waals surface area contributed by atoms with Crippen molar-refractivity contribution in [2.24, 2.45) is 0 Å². The third-order valence-electron chi connectivity index (χ3n) is 4.04. The van der Waals surface area contributed by atoms with Crippen LogP contribution in [0.4, 0.5) is 5.82 Å². The van der Waals surface area contributed by atoms with E-state index in [1.807, 2.05) is 30.5 Å². The molecule has 1 aliphatic heterocycles. The second-order valence-electron chi connectivity index (χ2n) is 5.48. The number of aromatic nitrogens is 2. The smallest absolute Gasteiger partial charge is 0.144 e. The van der Waals surface area contributed by atoms with Gasteiger partial charge in [-0.15, -0.1) is 0 Å². The van der Waals surface area contributed by atoms with Crippen LogP contribution in [0.25, 0.3) is 5.69 Å². The first-order chi connectivity index (χ1) is 10.3. The lowest BCUT2D eigenvalue weighted by atomic mass is 10.1. The largest absolute Gasteiger partial charge is 0.494 e. The fourth-order valence-electron chi connectivity index (χ4n) is 2.87. The molecule has 0 aliphatic carbocycles. The van der Waals surface area contributed by atoms with E-state index in [1.165, 1.54) is 19.3 Å². The van der Waals surface area contributed by atoms with Gasteiger partial charge in [-0.05, 0) is 38.1 Å². The van der Waals surface area contributed by atoms with Crippen LogP contribution in [0.15, 0.2) is 30.5 Å². The zero-order chi connectivity index (χ0) is 14.7. The molecule has 5 heteroatoms. The van der Waals surface area contributed by atoms with Gasteiger partial charge < -0.3 is 10.5 Å². The number of anilines is 1. The quantitative estimate of drug-likeness (QED) is 0.938. The summed E-state index contributed by atoms with van der Waals surface area (Å²) in [5, 5.41) is 4.45. The summed E-state index contributed by atoms with van der Waals surface area (Å²) < 4.78 is 7.15. The van der Waals surface area contributed by atoms with E-state index >= 15 is 0 Å². The molecule has 21 heavy (non-hydrogen) atoms. The normalized spacial score (nSPS) is 16.0. The van der Waals surface area contributed by atoms with Gasteiger partial charge in [0, 0.05) is 12.1 Å². The summed E-state index contributed by atoms with van der Waals surface area (Å²) in [6.45, 7) is 3.18. The highest BCUT2D eigenvalue weighted by molar-refractivity contribution is 5.53. The zero-order valence-electron chi connectivity index (χ0n) is 12.5. The van der Waals surface area contributed by atoms with Crippen molar-refractivity contribution >= 4 is 5.82 Å². The number of methoxy groups -OCH3 is 1. The Morgan fingerprint density at radius 1 is 1.19 bits per heavy atom. The standard InChI is InChI=1S/C16H22N4O/c1-21-15-8-4-3-7-14(15)20-16(17)13(11-18-20)12-19-9-5-2-6-10-19/h3-4,7-8,11H,2,5-6,9-10,12,17H2,1H3. The number of hydrogen-bond acceptors (Lipinski definition) is 4. The lowest BCUT2D eigenvalue weighted by Gasteiger charge is -2.26. The summed E-state index contributed by atoms with van der Waals surface area (Å²) in [6.07, 6.45) is 5.77. The van der Waals surface area contributed by atoms with Gasteiger partial charge in [-0.1, -0.05) is 18.6 Å². The SMILES string of the molecule is COc1ccccc1-n1ncc(CN2CCCCC2)c1N. The molecule has 0 atom stereocenters. The number of hydrogen-bond donors (Lipinski definition) is 1. The van der Waals surface area contributed by atoms with E-state index in [2.05, 4.69) is 10.00 Å². The predicted molar refractivity (Wildman–Crippen MR) is 83.7 cm³/mol.